The van der Waals surface area contributed by atoms with Gasteiger partial charge in [-0.25, -0.2) is 4.79 Å². The van der Waals surface area contributed by atoms with Crippen LogP contribution in [0.3, 0.4) is 0 Å². The first-order valence-electron chi connectivity index (χ1n) is 8.48. The molecule has 2 aliphatic heterocycles. The van der Waals surface area contributed by atoms with Crippen LogP contribution in [0.2, 0.25) is 0 Å². The number of likely N-dealkylation sites (tertiary alicyclic amines) is 1. The van der Waals surface area contributed by atoms with E-state index in [-0.39, 0.29) is 6.03 Å². The second kappa shape index (κ2) is 6.69. The Labute approximate surface area is 133 Å². The second-order valence-corrected chi connectivity index (χ2v) is 6.74. The summed E-state index contributed by atoms with van der Waals surface area (Å²) in [5.41, 5.74) is 1.36. The molecule has 1 unspecified atom stereocenters. The Morgan fingerprint density at radius 2 is 1.68 bits per heavy atom. The van der Waals surface area contributed by atoms with Crippen LogP contribution >= 0.6 is 0 Å². The van der Waals surface area contributed by atoms with E-state index < -0.39 is 0 Å². The third-order valence-corrected chi connectivity index (χ3v) is 5.04. The average molecular weight is 301 g/mol. The number of carbonyl (C=O) groups excluding carboxylic acids is 1. The van der Waals surface area contributed by atoms with Gasteiger partial charge in [0.15, 0.2) is 0 Å². The zero-order chi connectivity index (χ0) is 15.5. The Morgan fingerprint density at radius 1 is 1.00 bits per heavy atom. The van der Waals surface area contributed by atoms with Gasteiger partial charge in [-0.05, 0) is 25.8 Å². The van der Waals surface area contributed by atoms with E-state index in [0.717, 1.165) is 45.7 Å². The molecule has 1 atom stereocenters. The highest BCUT2D eigenvalue weighted by Gasteiger charge is 2.31. The van der Waals surface area contributed by atoms with Crippen LogP contribution in [0.15, 0.2) is 30.3 Å². The van der Waals surface area contributed by atoms with E-state index in [4.69, 9.17) is 0 Å². The van der Waals surface area contributed by atoms with Crippen molar-refractivity contribution in [1.82, 2.24) is 14.7 Å². The Morgan fingerprint density at radius 3 is 2.32 bits per heavy atom. The lowest BCUT2D eigenvalue weighted by atomic mass is 9.99. The van der Waals surface area contributed by atoms with Gasteiger partial charge in [0.25, 0.3) is 0 Å². The number of piperazine rings is 1. The van der Waals surface area contributed by atoms with E-state index in [1.54, 1.807) is 0 Å². The van der Waals surface area contributed by atoms with Gasteiger partial charge in [0.2, 0.25) is 0 Å². The van der Waals surface area contributed by atoms with Gasteiger partial charge < -0.3 is 9.80 Å². The maximum Gasteiger partial charge on any atom is 0.320 e. The van der Waals surface area contributed by atoms with Gasteiger partial charge in [-0.2, -0.15) is 0 Å². The van der Waals surface area contributed by atoms with Crippen molar-refractivity contribution >= 4 is 6.03 Å². The SMILES string of the molecule is CC(C)N1CCN(C(=O)N2CCC(c3ccccc3)C2)CC1. The zero-order valence-corrected chi connectivity index (χ0v) is 13.7. The molecule has 120 valence electrons. The van der Waals surface area contributed by atoms with Gasteiger partial charge >= 0.3 is 6.03 Å². The van der Waals surface area contributed by atoms with Crippen LogP contribution in [-0.4, -0.2) is 66.0 Å². The minimum Gasteiger partial charge on any atom is -0.324 e. The first-order chi connectivity index (χ1) is 10.6. The molecular weight excluding hydrogens is 274 g/mol. The molecule has 22 heavy (non-hydrogen) atoms. The number of nitrogens with zero attached hydrogens (tertiary/aromatic N) is 3. The van der Waals surface area contributed by atoms with Crippen LogP contribution in [0.4, 0.5) is 4.79 Å². The number of amides is 2. The minimum atomic E-state index is 0.238. The van der Waals surface area contributed by atoms with E-state index in [1.165, 1.54) is 5.56 Å². The van der Waals surface area contributed by atoms with Crippen LogP contribution < -0.4 is 0 Å². The summed E-state index contributed by atoms with van der Waals surface area (Å²) in [6, 6.07) is 11.4. The Bertz CT molecular complexity index is 494. The van der Waals surface area contributed by atoms with E-state index in [2.05, 4.69) is 49.1 Å². The van der Waals surface area contributed by atoms with E-state index in [9.17, 15) is 4.79 Å². The van der Waals surface area contributed by atoms with Crippen LogP contribution in [0.5, 0.6) is 0 Å². The number of hydrogen-bond donors (Lipinski definition) is 0. The lowest BCUT2D eigenvalue weighted by Gasteiger charge is -2.38. The molecule has 1 aromatic rings. The lowest BCUT2D eigenvalue weighted by Crippen LogP contribution is -2.53. The first kappa shape index (κ1) is 15.3. The standard InChI is InChI=1S/C18H27N3O/c1-15(2)19-10-12-20(13-11-19)18(22)21-9-8-17(14-21)16-6-4-3-5-7-16/h3-7,15,17H,8-14H2,1-2H3. The molecular formula is C18H27N3O. The smallest absolute Gasteiger partial charge is 0.320 e. The molecule has 0 N–H and O–H groups in total. The predicted molar refractivity (Wildman–Crippen MR) is 89.1 cm³/mol. The minimum absolute atomic E-state index is 0.238. The highest BCUT2D eigenvalue weighted by Crippen LogP contribution is 2.27. The molecule has 0 radical (unpaired) electrons. The van der Waals surface area contributed by atoms with Gasteiger partial charge in [-0.15, -0.1) is 0 Å². The highest BCUT2D eigenvalue weighted by molar-refractivity contribution is 5.75. The summed E-state index contributed by atoms with van der Waals surface area (Å²) < 4.78 is 0. The molecule has 0 spiro atoms. The maximum absolute atomic E-state index is 12.7. The molecule has 2 saturated heterocycles. The van der Waals surface area contributed by atoms with Gasteiger partial charge in [0, 0.05) is 51.2 Å². The zero-order valence-electron chi connectivity index (χ0n) is 13.7. The molecule has 0 bridgehead atoms. The molecule has 1 aromatic carbocycles. The Balaban J connectivity index is 1.54. The molecule has 2 heterocycles. The Kier molecular flexibility index (Phi) is 4.67. The number of carbonyl (C=O) groups is 1. The fourth-order valence-electron chi connectivity index (χ4n) is 3.56. The topological polar surface area (TPSA) is 26.8 Å². The molecule has 2 aliphatic rings. The van der Waals surface area contributed by atoms with Crippen molar-refractivity contribution in [2.24, 2.45) is 0 Å². The van der Waals surface area contributed by atoms with Crippen molar-refractivity contribution in [3.63, 3.8) is 0 Å². The molecule has 2 fully saturated rings. The van der Waals surface area contributed by atoms with E-state index in [0.29, 0.717) is 12.0 Å². The van der Waals surface area contributed by atoms with Gasteiger partial charge in [0.05, 0.1) is 0 Å². The Hall–Kier alpha value is -1.55. The van der Waals surface area contributed by atoms with Crippen molar-refractivity contribution in [3.05, 3.63) is 35.9 Å². The normalized spacial score (nSPS) is 23.3. The molecule has 4 heteroatoms. The second-order valence-electron chi connectivity index (χ2n) is 6.74. The van der Waals surface area contributed by atoms with E-state index in [1.807, 2.05) is 9.80 Å². The molecule has 3 rings (SSSR count). The third-order valence-electron chi connectivity index (χ3n) is 5.04. The quantitative estimate of drug-likeness (QED) is 0.839. The van der Waals surface area contributed by atoms with Crippen LogP contribution in [0.25, 0.3) is 0 Å². The summed E-state index contributed by atoms with van der Waals surface area (Å²) in [5, 5.41) is 0. The van der Waals surface area contributed by atoms with Gasteiger partial charge in [-0.3, -0.25) is 4.90 Å². The fraction of sp³-hybridized carbons (Fsp3) is 0.611. The van der Waals surface area contributed by atoms with Crippen molar-refractivity contribution in [3.8, 4) is 0 Å². The van der Waals surface area contributed by atoms with Crippen molar-refractivity contribution in [2.75, 3.05) is 39.3 Å². The monoisotopic (exact) mass is 301 g/mol. The summed E-state index contributed by atoms with van der Waals surface area (Å²) >= 11 is 0. The van der Waals surface area contributed by atoms with Crippen LogP contribution in [0.1, 0.15) is 31.7 Å². The fourth-order valence-corrected chi connectivity index (χ4v) is 3.56. The highest BCUT2D eigenvalue weighted by atomic mass is 16.2. The number of hydrogen-bond acceptors (Lipinski definition) is 2. The lowest BCUT2D eigenvalue weighted by molar-refractivity contribution is 0.103. The molecule has 0 aliphatic carbocycles. The van der Waals surface area contributed by atoms with Crippen molar-refractivity contribution in [1.29, 1.82) is 0 Å². The molecule has 4 nitrogen and oxygen atoms in total. The van der Waals surface area contributed by atoms with Crippen molar-refractivity contribution in [2.45, 2.75) is 32.2 Å². The predicted octanol–water partition coefficient (Wildman–Crippen LogP) is 2.62. The summed E-state index contributed by atoms with van der Waals surface area (Å²) in [5.74, 6) is 0.502. The third kappa shape index (κ3) is 3.27. The molecule has 0 aromatic heterocycles. The number of rotatable bonds is 2. The summed E-state index contributed by atoms with van der Waals surface area (Å²) in [6.45, 7) is 9.94. The van der Waals surface area contributed by atoms with Crippen LogP contribution in [0, 0.1) is 0 Å². The largest absolute Gasteiger partial charge is 0.324 e. The van der Waals surface area contributed by atoms with Crippen LogP contribution in [-0.2, 0) is 0 Å². The van der Waals surface area contributed by atoms with Gasteiger partial charge in [0.1, 0.15) is 0 Å². The first-order valence-corrected chi connectivity index (χ1v) is 8.48. The summed E-state index contributed by atoms with van der Waals surface area (Å²) in [7, 11) is 0. The van der Waals surface area contributed by atoms with Gasteiger partial charge in [-0.1, -0.05) is 30.3 Å². The summed E-state index contributed by atoms with van der Waals surface area (Å²) in [4.78, 5) is 19.2. The molecule has 0 saturated carbocycles. The van der Waals surface area contributed by atoms with Crippen molar-refractivity contribution < 1.29 is 4.79 Å². The number of benzene rings is 1. The number of urea groups is 1. The maximum atomic E-state index is 12.7. The average Bonchev–Trinajstić information content (AvgIpc) is 3.05. The molecule has 2 amide bonds. The summed E-state index contributed by atoms with van der Waals surface area (Å²) in [6.07, 6.45) is 1.09. The van der Waals surface area contributed by atoms with E-state index >= 15 is 0 Å².